The van der Waals surface area contributed by atoms with Crippen LogP contribution in [-0.2, 0) is 7.05 Å². The molecule has 0 fully saturated rings. The van der Waals surface area contributed by atoms with Crippen LogP contribution in [0.2, 0.25) is 0 Å². The fraction of sp³-hybridized carbons (Fsp3) is 0.158. The number of nitrogens with one attached hydrogen (secondary N) is 1. The number of ether oxygens (including phenoxy) is 2. The van der Waals surface area contributed by atoms with E-state index in [0.717, 1.165) is 5.56 Å². The number of halogens is 1. The Labute approximate surface area is 149 Å². The summed E-state index contributed by atoms with van der Waals surface area (Å²) >= 11 is 0. The predicted octanol–water partition coefficient (Wildman–Crippen LogP) is 2.81. The third-order valence-corrected chi connectivity index (χ3v) is 4.23. The number of amides is 1. The van der Waals surface area contributed by atoms with Gasteiger partial charge in [0.05, 0.1) is 0 Å². The van der Waals surface area contributed by atoms with Crippen molar-refractivity contribution in [2.24, 2.45) is 7.05 Å². The van der Waals surface area contributed by atoms with E-state index in [9.17, 15) is 9.18 Å². The lowest BCUT2D eigenvalue weighted by Crippen LogP contribution is -2.31. The Morgan fingerprint density at radius 2 is 1.96 bits per heavy atom. The molecule has 0 radical (unpaired) electrons. The van der Waals surface area contributed by atoms with Gasteiger partial charge >= 0.3 is 0 Å². The highest BCUT2D eigenvalue weighted by molar-refractivity contribution is 5.95. The molecule has 26 heavy (non-hydrogen) atoms. The highest BCUT2D eigenvalue weighted by Gasteiger charge is 2.23. The smallest absolute Gasteiger partial charge is 0.252 e. The second-order valence-electron chi connectivity index (χ2n) is 5.92. The molecular formula is C19H16FN3O3. The third kappa shape index (κ3) is 2.99. The van der Waals surface area contributed by atoms with Gasteiger partial charge in [-0.3, -0.25) is 4.79 Å². The zero-order chi connectivity index (χ0) is 18.1. The lowest BCUT2D eigenvalue weighted by Gasteiger charge is -2.19. The van der Waals surface area contributed by atoms with Crippen molar-refractivity contribution in [2.75, 3.05) is 6.79 Å². The number of carbonyl (C=O) groups is 1. The number of hydrogen-bond donors (Lipinski definition) is 1. The zero-order valence-electron chi connectivity index (χ0n) is 14.0. The number of aryl methyl sites for hydroxylation is 1. The van der Waals surface area contributed by atoms with Crippen molar-refractivity contribution in [3.63, 3.8) is 0 Å². The summed E-state index contributed by atoms with van der Waals surface area (Å²) < 4.78 is 25.7. The molecule has 1 amide bonds. The van der Waals surface area contributed by atoms with Crippen molar-refractivity contribution >= 4 is 5.91 Å². The Morgan fingerprint density at radius 3 is 2.69 bits per heavy atom. The van der Waals surface area contributed by atoms with Gasteiger partial charge in [0.2, 0.25) is 6.79 Å². The molecule has 0 aliphatic carbocycles. The number of imidazole rings is 1. The maximum atomic E-state index is 13.3. The number of benzene rings is 2. The van der Waals surface area contributed by atoms with Gasteiger partial charge in [0, 0.05) is 25.0 Å². The minimum Gasteiger partial charge on any atom is -0.454 e. The van der Waals surface area contributed by atoms with Crippen molar-refractivity contribution in [2.45, 2.75) is 6.04 Å². The second-order valence-corrected chi connectivity index (χ2v) is 5.92. The van der Waals surface area contributed by atoms with Gasteiger partial charge in [-0.05, 0) is 35.9 Å². The number of aromatic nitrogens is 2. The average molecular weight is 353 g/mol. The Morgan fingerprint density at radius 1 is 1.19 bits per heavy atom. The lowest BCUT2D eigenvalue weighted by atomic mass is 10.0. The van der Waals surface area contributed by atoms with Gasteiger partial charge in [-0.1, -0.05) is 12.1 Å². The Balaban J connectivity index is 1.65. The third-order valence-electron chi connectivity index (χ3n) is 4.23. The molecule has 1 aliphatic heterocycles. The van der Waals surface area contributed by atoms with E-state index in [1.54, 1.807) is 42.7 Å². The first kappa shape index (κ1) is 16.1. The first-order valence-electron chi connectivity index (χ1n) is 8.05. The van der Waals surface area contributed by atoms with Crippen molar-refractivity contribution in [3.05, 3.63) is 77.6 Å². The van der Waals surface area contributed by atoms with E-state index in [1.165, 1.54) is 12.1 Å². The molecule has 0 spiro atoms. The molecule has 6 nitrogen and oxygen atoms in total. The van der Waals surface area contributed by atoms with E-state index in [4.69, 9.17) is 9.47 Å². The lowest BCUT2D eigenvalue weighted by molar-refractivity contribution is 0.0940. The predicted molar refractivity (Wildman–Crippen MR) is 91.5 cm³/mol. The van der Waals surface area contributed by atoms with Crippen LogP contribution in [0.1, 0.15) is 27.8 Å². The standard InChI is InChI=1S/C19H16FN3O3/c1-23-9-8-21-18(23)17(12-2-5-14(20)6-3-12)22-19(24)13-4-7-15-16(10-13)26-11-25-15/h2-10,17H,11H2,1H3,(H,22,24)/t17-/m1/s1. The maximum Gasteiger partial charge on any atom is 0.252 e. The van der Waals surface area contributed by atoms with Gasteiger partial charge < -0.3 is 19.4 Å². The summed E-state index contributed by atoms with van der Waals surface area (Å²) in [4.78, 5) is 17.1. The van der Waals surface area contributed by atoms with E-state index in [0.29, 0.717) is 22.9 Å². The van der Waals surface area contributed by atoms with E-state index in [-0.39, 0.29) is 18.5 Å². The van der Waals surface area contributed by atoms with Gasteiger partial charge in [0.25, 0.3) is 5.91 Å². The number of rotatable bonds is 4. The summed E-state index contributed by atoms with van der Waals surface area (Å²) in [6, 6.07) is 10.5. The summed E-state index contributed by atoms with van der Waals surface area (Å²) in [6.45, 7) is 0.145. The summed E-state index contributed by atoms with van der Waals surface area (Å²) in [6.07, 6.45) is 3.44. The zero-order valence-corrected chi connectivity index (χ0v) is 14.0. The molecule has 1 aromatic heterocycles. The normalized spacial score (nSPS) is 13.5. The topological polar surface area (TPSA) is 65.4 Å². The van der Waals surface area contributed by atoms with E-state index in [2.05, 4.69) is 10.3 Å². The van der Waals surface area contributed by atoms with Gasteiger partial charge in [-0.15, -0.1) is 0 Å². The minimum atomic E-state index is -0.520. The molecule has 0 bridgehead atoms. The van der Waals surface area contributed by atoms with Crippen molar-refractivity contribution in [3.8, 4) is 11.5 Å². The summed E-state index contributed by atoms with van der Waals surface area (Å²) in [5.41, 5.74) is 1.17. The molecule has 0 saturated carbocycles. The van der Waals surface area contributed by atoms with Crippen LogP contribution in [0.4, 0.5) is 4.39 Å². The molecule has 132 valence electrons. The molecule has 1 atom stereocenters. The van der Waals surface area contributed by atoms with Crippen molar-refractivity contribution in [1.29, 1.82) is 0 Å². The van der Waals surface area contributed by atoms with Crippen LogP contribution in [0.15, 0.2) is 54.9 Å². The van der Waals surface area contributed by atoms with Crippen LogP contribution in [0, 0.1) is 5.82 Å². The van der Waals surface area contributed by atoms with Gasteiger partial charge in [0.15, 0.2) is 11.5 Å². The molecule has 3 aromatic rings. The summed E-state index contributed by atoms with van der Waals surface area (Å²) in [7, 11) is 1.84. The highest BCUT2D eigenvalue weighted by Crippen LogP contribution is 2.32. The Kier molecular flexibility index (Phi) is 4.04. The van der Waals surface area contributed by atoms with Gasteiger partial charge in [-0.25, -0.2) is 9.37 Å². The van der Waals surface area contributed by atoms with Crippen LogP contribution in [0.3, 0.4) is 0 Å². The first-order valence-corrected chi connectivity index (χ1v) is 8.05. The number of nitrogens with zero attached hydrogens (tertiary/aromatic N) is 2. The molecular weight excluding hydrogens is 337 g/mol. The van der Waals surface area contributed by atoms with Crippen LogP contribution >= 0.6 is 0 Å². The largest absolute Gasteiger partial charge is 0.454 e. The Bertz CT molecular complexity index is 953. The quantitative estimate of drug-likeness (QED) is 0.783. The van der Waals surface area contributed by atoms with Gasteiger partial charge in [0.1, 0.15) is 17.7 Å². The molecule has 0 unspecified atom stereocenters. The first-order chi connectivity index (χ1) is 12.6. The average Bonchev–Trinajstić information content (AvgIpc) is 3.28. The highest BCUT2D eigenvalue weighted by atomic mass is 19.1. The molecule has 7 heteroatoms. The SMILES string of the molecule is Cn1ccnc1[C@H](NC(=O)c1ccc2c(c1)OCO2)c1ccc(F)cc1. The van der Waals surface area contributed by atoms with Crippen molar-refractivity contribution < 1.29 is 18.7 Å². The van der Waals surface area contributed by atoms with Crippen LogP contribution in [-0.4, -0.2) is 22.3 Å². The molecule has 2 aromatic carbocycles. The molecule has 1 N–H and O–H groups in total. The molecule has 0 saturated heterocycles. The Hall–Kier alpha value is -3.35. The number of fused-ring (bicyclic) bond motifs is 1. The number of hydrogen-bond acceptors (Lipinski definition) is 4. The fourth-order valence-corrected chi connectivity index (χ4v) is 2.86. The van der Waals surface area contributed by atoms with Crippen LogP contribution in [0.25, 0.3) is 0 Å². The maximum absolute atomic E-state index is 13.3. The van der Waals surface area contributed by atoms with Crippen LogP contribution < -0.4 is 14.8 Å². The van der Waals surface area contributed by atoms with Crippen LogP contribution in [0.5, 0.6) is 11.5 Å². The number of carbonyl (C=O) groups excluding carboxylic acids is 1. The molecule has 2 heterocycles. The summed E-state index contributed by atoms with van der Waals surface area (Å²) in [5.74, 6) is 1.16. The summed E-state index contributed by atoms with van der Waals surface area (Å²) in [5, 5.41) is 2.96. The fourth-order valence-electron chi connectivity index (χ4n) is 2.86. The monoisotopic (exact) mass is 353 g/mol. The second kappa shape index (κ2) is 6.51. The van der Waals surface area contributed by atoms with E-state index in [1.807, 2.05) is 11.6 Å². The molecule has 1 aliphatic rings. The van der Waals surface area contributed by atoms with E-state index >= 15 is 0 Å². The minimum absolute atomic E-state index is 0.145. The van der Waals surface area contributed by atoms with Crippen molar-refractivity contribution in [1.82, 2.24) is 14.9 Å². The van der Waals surface area contributed by atoms with E-state index < -0.39 is 6.04 Å². The molecule has 4 rings (SSSR count). The van der Waals surface area contributed by atoms with Gasteiger partial charge in [-0.2, -0.15) is 0 Å².